The number of nitrogens with zero attached hydrogens (tertiary/aromatic N) is 2. The number of likely N-dealkylation sites (N-methyl/N-ethyl adjacent to an activating group) is 1. The maximum atomic E-state index is 11.7. The van der Waals surface area contributed by atoms with Crippen molar-refractivity contribution in [3.8, 4) is 0 Å². The van der Waals surface area contributed by atoms with Gasteiger partial charge in [-0.05, 0) is 20.9 Å². The molecule has 19 heavy (non-hydrogen) atoms. The zero-order chi connectivity index (χ0) is 13.8. The third-order valence-electron chi connectivity index (χ3n) is 2.95. The highest BCUT2D eigenvalue weighted by Crippen LogP contribution is 2.27. The molecule has 0 spiro atoms. The van der Waals surface area contributed by atoms with Gasteiger partial charge in [-0.2, -0.15) is 0 Å². The van der Waals surface area contributed by atoms with Crippen LogP contribution in [0.15, 0.2) is 0 Å². The molecule has 0 aromatic carbocycles. The van der Waals surface area contributed by atoms with E-state index in [-0.39, 0.29) is 12.0 Å². The fourth-order valence-electron chi connectivity index (χ4n) is 1.95. The van der Waals surface area contributed by atoms with Crippen molar-refractivity contribution in [1.82, 2.24) is 9.88 Å². The normalized spacial score (nSPS) is 15.6. The van der Waals surface area contributed by atoms with E-state index in [1.165, 1.54) is 4.88 Å². The molecule has 1 aliphatic heterocycles. The van der Waals surface area contributed by atoms with Crippen LogP contribution >= 0.6 is 11.3 Å². The Bertz CT molecular complexity index is 445. The second kappa shape index (κ2) is 6.45. The molecule has 1 aliphatic rings. The highest BCUT2D eigenvalue weighted by atomic mass is 32.1. The molecule has 0 fully saturated rings. The summed E-state index contributed by atoms with van der Waals surface area (Å²) in [7, 11) is 2.10. The van der Waals surface area contributed by atoms with E-state index in [0.29, 0.717) is 13.0 Å². The van der Waals surface area contributed by atoms with Gasteiger partial charge in [0.15, 0.2) is 5.13 Å². The van der Waals surface area contributed by atoms with Crippen molar-refractivity contribution in [3.63, 3.8) is 0 Å². The zero-order valence-electron chi connectivity index (χ0n) is 11.7. The van der Waals surface area contributed by atoms with Crippen LogP contribution in [0.3, 0.4) is 0 Å². The van der Waals surface area contributed by atoms with E-state index in [4.69, 9.17) is 4.74 Å². The summed E-state index contributed by atoms with van der Waals surface area (Å²) in [5.74, 6) is -0.0277. The number of carbonyl (C=O) groups is 1. The highest BCUT2D eigenvalue weighted by Gasteiger charge is 2.18. The molecule has 1 aromatic heterocycles. The summed E-state index contributed by atoms with van der Waals surface area (Å²) >= 11 is 1.58. The van der Waals surface area contributed by atoms with Crippen LogP contribution in [0.1, 0.15) is 30.8 Å². The molecule has 2 rings (SSSR count). The number of amides is 1. The molecule has 0 aliphatic carbocycles. The summed E-state index contributed by atoms with van der Waals surface area (Å²) in [6.07, 6.45) is 1.51. The summed E-state index contributed by atoms with van der Waals surface area (Å²) in [4.78, 5) is 19.8. The first-order valence-corrected chi connectivity index (χ1v) is 7.45. The molecule has 1 aromatic rings. The third kappa shape index (κ3) is 4.26. The zero-order valence-corrected chi connectivity index (χ0v) is 12.5. The van der Waals surface area contributed by atoms with Crippen LogP contribution in [0, 0.1) is 0 Å². The molecule has 0 saturated carbocycles. The topological polar surface area (TPSA) is 54.5 Å². The Kier molecular flexibility index (Phi) is 4.90. The minimum absolute atomic E-state index is 0.0277. The number of aromatic nitrogens is 1. The van der Waals surface area contributed by atoms with Gasteiger partial charge in [0.05, 0.1) is 24.8 Å². The van der Waals surface area contributed by atoms with Crippen molar-refractivity contribution in [2.24, 2.45) is 0 Å². The highest BCUT2D eigenvalue weighted by molar-refractivity contribution is 7.15. The Morgan fingerprint density at radius 1 is 1.58 bits per heavy atom. The van der Waals surface area contributed by atoms with E-state index in [1.54, 1.807) is 11.3 Å². The first kappa shape index (κ1) is 14.4. The number of hydrogen-bond donors (Lipinski definition) is 1. The molecule has 0 atom stereocenters. The number of carbonyl (C=O) groups excluding carboxylic acids is 1. The molecule has 1 N–H and O–H groups in total. The quantitative estimate of drug-likeness (QED) is 0.896. The SMILES string of the molecule is CC(C)OCCC(=O)Nc1nc2c(s1)CN(C)CC2. The van der Waals surface area contributed by atoms with Gasteiger partial charge in [-0.1, -0.05) is 0 Å². The third-order valence-corrected chi connectivity index (χ3v) is 3.95. The largest absolute Gasteiger partial charge is 0.378 e. The van der Waals surface area contributed by atoms with Crippen molar-refractivity contribution in [1.29, 1.82) is 0 Å². The summed E-state index contributed by atoms with van der Waals surface area (Å²) < 4.78 is 5.36. The molecular formula is C13H21N3O2S. The number of nitrogens with one attached hydrogen (secondary N) is 1. The number of fused-ring (bicyclic) bond motifs is 1. The van der Waals surface area contributed by atoms with Crippen LogP contribution in [0.2, 0.25) is 0 Å². The van der Waals surface area contributed by atoms with E-state index in [1.807, 2.05) is 13.8 Å². The van der Waals surface area contributed by atoms with E-state index < -0.39 is 0 Å². The van der Waals surface area contributed by atoms with Gasteiger partial charge in [0.2, 0.25) is 5.91 Å². The standard InChI is InChI=1S/C13H21N3O2S/c1-9(2)18-7-5-12(17)15-13-14-10-4-6-16(3)8-11(10)19-13/h9H,4-8H2,1-3H3,(H,14,15,17). The van der Waals surface area contributed by atoms with Gasteiger partial charge >= 0.3 is 0 Å². The maximum Gasteiger partial charge on any atom is 0.228 e. The smallest absolute Gasteiger partial charge is 0.228 e. The maximum absolute atomic E-state index is 11.7. The van der Waals surface area contributed by atoms with E-state index in [2.05, 4.69) is 22.2 Å². The van der Waals surface area contributed by atoms with E-state index >= 15 is 0 Å². The van der Waals surface area contributed by atoms with Crippen molar-refractivity contribution < 1.29 is 9.53 Å². The molecule has 0 unspecified atom stereocenters. The Labute approximate surface area is 118 Å². The van der Waals surface area contributed by atoms with Gasteiger partial charge < -0.3 is 15.0 Å². The van der Waals surface area contributed by atoms with Gasteiger partial charge in [-0.3, -0.25) is 4.79 Å². The fraction of sp³-hybridized carbons (Fsp3) is 0.692. The lowest BCUT2D eigenvalue weighted by Gasteiger charge is -2.20. The second-order valence-electron chi connectivity index (χ2n) is 5.09. The van der Waals surface area contributed by atoms with Crippen LogP contribution in [0.4, 0.5) is 5.13 Å². The summed E-state index contributed by atoms with van der Waals surface area (Å²) in [5.41, 5.74) is 1.14. The monoisotopic (exact) mass is 283 g/mol. The van der Waals surface area contributed by atoms with E-state index in [0.717, 1.165) is 30.3 Å². The number of rotatable bonds is 5. The van der Waals surface area contributed by atoms with Crippen molar-refractivity contribution in [2.75, 3.05) is 25.5 Å². The lowest BCUT2D eigenvalue weighted by atomic mass is 10.2. The summed E-state index contributed by atoms with van der Waals surface area (Å²) in [6, 6.07) is 0. The Hall–Kier alpha value is -0.980. The first-order chi connectivity index (χ1) is 9.04. The molecule has 1 amide bonds. The average molecular weight is 283 g/mol. The van der Waals surface area contributed by atoms with Crippen molar-refractivity contribution >= 4 is 22.4 Å². The lowest BCUT2D eigenvalue weighted by molar-refractivity contribution is -0.117. The van der Waals surface area contributed by atoms with Crippen molar-refractivity contribution in [2.45, 2.75) is 39.3 Å². The molecule has 106 valence electrons. The van der Waals surface area contributed by atoms with Crippen LogP contribution in [-0.4, -0.2) is 42.1 Å². The van der Waals surface area contributed by atoms with Crippen LogP contribution < -0.4 is 5.32 Å². The fourth-order valence-corrected chi connectivity index (χ4v) is 3.05. The molecule has 2 heterocycles. The Morgan fingerprint density at radius 3 is 3.11 bits per heavy atom. The van der Waals surface area contributed by atoms with E-state index in [9.17, 15) is 4.79 Å². The molecule has 0 bridgehead atoms. The van der Waals surface area contributed by atoms with Gasteiger partial charge in [0, 0.05) is 24.4 Å². The molecule has 6 heteroatoms. The molecule has 0 radical (unpaired) electrons. The van der Waals surface area contributed by atoms with Gasteiger partial charge in [0.25, 0.3) is 0 Å². The Morgan fingerprint density at radius 2 is 2.37 bits per heavy atom. The van der Waals surface area contributed by atoms with Gasteiger partial charge in [-0.15, -0.1) is 11.3 Å². The lowest BCUT2D eigenvalue weighted by Crippen LogP contribution is -2.25. The van der Waals surface area contributed by atoms with Crippen molar-refractivity contribution in [3.05, 3.63) is 10.6 Å². The van der Waals surface area contributed by atoms with Crippen LogP contribution in [0.25, 0.3) is 0 Å². The predicted octanol–water partition coefficient (Wildman–Crippen LogP) is 1.88. The predicted molar refractivity (Wildman–Crippen MR) is 76.5 cm³/mol. The molecule has 0 saturated heterocycles. The average Bonchev–Trinajstić information content (AvgIpc) is 2.69. The van der Waals surface area contributed by atoms with Gasteiger partial charge in [0.1, 0.15) is 0 Å². The molecular weight excluding hydrogens is 262 g/mol. The number of anilines is 1. The van der Waals surface area contributed by atoms with Crippen LogP contribution in [0.5, 0.6) is 0 Å². The summed E-state index contributed by atoms with van der Waals surface area (Å²) in [6.45, 7) is 6.34. The van der Waals surface area contributed by atoms with Gasteiger partial charge in [-0.25, -0.2) is 4.98 Å². The summed E-state index contributed by atoms with van der Waals surface area (Å²) in [5, 5.41) is 3.58. The Balaban J connectivity index is 1.84. The number of thiazole rings is 1. The molecule has 5 nitrogen and oxygen atoms in total. The van der Waals surface area contributed by atoms with Crippen LogP contribution in [-0.2, 0) is 22.5 Å². The minimum atomic E-state index is -0.0277. The first-order valence-electron chi connectivity index (χ1n) is 6.63. The number of ether oxygens (including phenoxy) is 1. The minimum Gasteiger partial charge on any atom is -0.378 e. The number of hydrogen-bond acceptors (Lipinski definition) is 5. The second-order valence-corrected chi connectivity index (χ2v) is 6.18.